The van der Waals surface area contributed by atoms with Gasteiger partial charge < -0.3 is 4.74 Å². The Hall–Kier alpha value is -2.55. The number of rotatable bonds is 6. The summed E-state index contributed by atoms with van der Waals surface area (Å²) in [7, 11) is -3.49. The predicted octanol–water partition coefficient (Wildman–Crippen LogP) is 3.95. The molecule has 0 unspecified atom stereocenters. The minimum atomic E-state index is -3.49. The zero-order valence-electron chi connectivity index (χ0n) is 15.7. The van der Waals surface area contributed by atoms with Crippen LogP contribution in [0.1, 0.15) is 28.1 Å². The number of benzene rings is 2. The molecule has 0 bridgehead atoms. The first-order valence-corrected chi connectivity index (χ1v) is 11.6. The van der Waals surface area contributed by atoms with Gasteiger partial charge in [-0.1, -0.05) is 30.3 Å². The van der Waals surface area contributed by atoms with Crippen molar-refractivity contribution in [3.63, 3.8) is 0 Å². The molecule has 1 fully saturated rings. The quantitative estimate of drug-likeness (QED) is 0.556. The number of hydrogen-bond acceptors (Lipinski definition) is 6. The van der Waals surface area contributed by atoms with Gasteiger partial charge in [-0.05, 0) is 37.1 Å². The van der Waals surface area contributed by atoms with Crippen LogP contribution in [0.25, 0.3) is 10.6 Å². The molecule has 0 radical (unpaired) electrons. The van der Waals surface area contributed by atoms with Gasteiger partial charge in [0.25, 0.3) is 0 Å². The van der Waals surface area contributed by atoms with Gasteiger partial charge in [-0.2, -0.15) is 4.31 Å². The van der Waals surface area contributed by atoms with Gasteiger partial charge in [-0.15, -0.1) is 11.3 Å². The van der Waals surface area contributed by atoms with Gasteiger partial charge in [-0.25, -0.2) is 18.2 Å². The molecule has 8 heteroatoms. The molecule has 4 rings (SSSR count). The van der Waals surface area contributed by atoms with Crippen molar-refractivity contribution in [2.45, 2.75) is 24.3 Å². The molecule has 1 saturated heterocycles. The second-order valence-electron chi connectivity index (χ2n) is 6.71. The molecule has 0 aliphatic carbocycles. The average molecular weight is 429 g/mol. The molecule has 1 aliphatic rings. The Labute approximate surface area is 173 Å². The molecule has 2 aromatic carbocycles. The lowest BCUT2D eigenvalue weighted by Crippen LogP contribution is -2.27. The molecule has 0 amide bonds. The van der Waals surface area contributed by atoms with Crippen molar-refractivity contribution in [1.82, 2.24) is 9.29 Å². The largest absolute Gasteiger partial charge is 0.456 e. The zero-order chi connectivity index (χ0) is 20.3. The van der Waals surface area contributed by atoms with Crippen LogP contribution in [-0.4, -0.2) is 36.8 Å². The molecule has 29 heavy (non-hydrogen) atoms. The van der Waals surface area contributed by atoms with Crippen molar-refractivity contribution in [3.05, 3.63) is 71.2 Å². The number of ether oxygens (including phenoxy) is 1. The molecule has 0 N–H and O–H groups in total. The fourth-order valence-corrected chi connectivity index (χ4v) is 5.50. The number of hydrogen-bond donors (Lipinski definition) is 0. The lowest BCUT2D eigenvalue weighted by Gasteiger charge is -2.15. The van der Waals surface area contributed by atoms with Crippen LogP contribution in [0.3, 0.4) is 0 Å². The third-order valence-corrected chi connectivity index (χ3v) is 7.65. The summed E-state index contributed by atoms with van der Waals surface area (Å²) in [5.74, 6) is -0.496. The second-order valence-corrected chi connectivity index (χ2v) is 9.76. The molecule has 1 aromatic heterocycles. The Morgan fingerprint density at radius 2 is 1.72 bits per heavy atom. The summed E-state index contributed by atoms with van der Waals surface area (Å²) in [6.45, 7) is 1.22. The predicted molar refractivity (Wildman–Crippen MR) is 111 cm³/mol. The lowest BCUT2D eigenvalue weighted by atomic mass is 10.2. The third kappa shape index (κ3) is 4.39. The maximum atomic E-state index is 12.5. The lowest BCUT2D eigenvalue weighted by molar-refractivity contribution is 0.0476. The minimum absolute atomic E-state index is 0.122. The van der Waals surface area contributed by atoms with E-state index in [1.165, 1.54) is 39.9 Å². The summed E-state index contributed by atoms with van der Waals surface area (Å²) in [6.07, 6.45) is 3.46. The van der Waals surface area contributed by atoms with Crippen LogP contribution in [0.2, 0.25) is 0 Å². The zero-order valence-corrected chi connectivity index (χ0v) is 17.3. The van der Waals surface area contributed by atoms with Gasteiger partial charge in [0.1, 0.15) is 11.6 Å². The number of esters is 1. The van der Waals surface area contributed by atoms with Gasteiger partial charge in [0.15, 0.2) is 0 Å². The SMILES string of the molecule is O=C(OCc1cnc(-c2ccccc2)s1)c1ccc(S(=O)(=O)N2CCCC2)cc1. The van der Waals surface area contributed by atoms with E-state index >= 15 is 0 Å². The van der Waals surface area contributed by atoms with Gasteiger partial charge in [0.05, 0.1) is 15.3 Å². The monoisotopic (exact) mass is 428 g/mol. The molecule has 150 valence electrons. The molecular formula is C21H20N2O4S2. The van der Waals surface area contributed by atoms with E-state index in [9.17, 15) is 13.2 Å². The van der Waals surface area contributed by atoms with Crippen LogP contribution in [0.15, 0.2) is 65.7 Å². The summed E-state index contributed by atoms with van der Waals surface area (Å²) >= 11 is 1.47. The molecule has 0 spiro atoms. The van der Waals surface area contributed by atoms with Crippen LogP contribution in [0.5, 0.6) is 0 Å². The third-order valence-electron chi connectivity index (χ3n) is 4.71. The number of nitrogens with zero attached hydrogens (tertiary/aromatic N) is 2. The first-order valence-electron chi connectivity index (χ1n) is 9.31. The van der Waals surface area contributed by atoms with Gasteiger partial charge in [-0.3, -0.25) is 0 Å². The van der Waals surface area contributed by atoms with E-state index < -0.39 is 16.0 Å². The number of carbonyl (C=O) groups is 1. The standard InChI is InChI=1S/C21H20N2O4S2/c24-21(27-15-18-14-22-20(28-18)16-6-2-1-3-7-16)17-8-10-19(11-9-17)29(25,26)23-12-4-5-13-23/h1-3,6-11,14H,4-5,12-13,15H2. The van der Waals surface area contributed by atoms with Crippen LogP contribution >= 0.6 is 11.3 Å². The van der Waals surface area contributed by atoms with Crippen molar-refractivity contribution in [3.8, 4) is 10.6 Å². The van der Waals surface area contributed by atoms with E-state index in [4.69, 9.17) is 4.74 Å². The van der Waals surface area contributed by atoms with Gasteiger partial charge in [0.2, 0.25) is 10.0 Å². The maximum Gasteiger partial charge on any atom is 0.338 e. The molecule has 3 aromatic rings. The van der Waals surface area contributed by atoms with Gasteiger partial charge >= 0.3 is 5.97 Å². The van der Waals surface area contributed by atoms with Crippen molar-refractivity contribution in [1.29, 1.82) is 0 Å². The molecular weight excluding hydrogens is 408 g/mol. The fraction of sp³-hybridized carbons (Fsp3) is 0.238. The van der Waals surface area contributed by atoms with Crippen LogP contribution in [0.4, 0.5) is 0 Å². The van der Waals surface area contributed by atoms with E-state index in [0.29, 0.717) is 18.7 Å². The van der Waals surface area contributed by atoms with Gasteiger partial charge in [0, 0.05) is 24.8 Å². The van der Waals surface area contributed by atoms with E-state index in [0.717, 1.165) is 28.3 Å². The smallest absolute Gasteiger partial charge is 0.338 e. The van der Waals surface area contributed by atoms with Crippen molar-refractivity contribution < 1.29 is 17.9 Å². The summed E-state index contributed by atoms with van der Waals surface area (Å²) < 4.78 is 31.9. The van der Waals surface area contributed by atoms with Crippen molar-refractivity contribution in [2.75, 3.05) is 13.1 Å². The topological polar surface area (TPSA) is 76.6 Å². The van der Waals surface area contributed by atoms with Crippen LogP contribution < -0.4 is 0 Å². The Morgan fingerprint density at radius 3 is 2.41 bits per heavy atom. The Morgan fingerprint density at radius 1 is 1.03 bits per heavy atom. The fourth-order valence-electron chi connectivity index (χ4n) is 3.15. The molecule has 1 aliphatic heterocycles. The molecule has 6 nitrogen and oxygen atoms in total. The minimum Gasteiger partial charge on any atom is -0.456 e. The molecule has 0 saturated carbocycles. The van der Waals surface area contributed by atoms with Crippen molar-refractivity contribution >= 4 is 27.3 Å². The van der Waals surface area contributed by atoms with E-state index in [-0.39, 0.29) is 11.5 Å². The Kier molecular flexibility index (Phi) is 5.75. The number of carbonyl (C=O) groups excluding carboxylic acids is 1. The normalized spacial score (nSPS) is 14.8. The number of aromatic nitrogens is 1. The highest BCUT2D eigenvalue weighted by Gasteiger charge is 2.27. The van der Waals surface area contributed by atoms with Crippen LogP contribution in [-0.2, 0) is 21.4 Å². The number of thiazole rings is 1. The molecule has 0 atom stereocenters. The van der Waals surface area contributed by atoms with E-state index in [1.54, 1.807) is 6.20 Å². The highest BCUT2D eigenvalue weighted by atomic mass is 32.2. The Bertz CT molecular complexity index is 1090. The Balaban J connectivity index is 1.38. The number of sulfonamides is 1. The average Bonchev–Trinajstić information content (AvgIpc) is 3.45. The second kappa shape index (κ2) is 8.44. The summed E-state index contributed by atoms with van der Waals surface area (Å²) in [4.78, 5) is 17.7. The highest BCUT2D eigenvalue weighted by Crippen LogP contribution is 2.26. The van der Waals surface area contributed by atoms with Crippen LogP contribution in [0, 0.1) is 0 Å². The summed E-state index contributed by atoms with van der Waals surface area (Å²) in [6, 6.07) is 15.7. The first-order chi connectivity index (χ1) is 14.0. The summed E-state index contributed by atoms with van der Waals surface area (Å²) in [5, 5.41) is 0.869. The first kappa shape index (κ1) is 19.8. The molecule has 2 heterocycles. The van der Waals surface area contributed by atoms with E-state index in [1.807, 2.05) is 30.3 Å². The highest BCUT2D eigenvalue weighted by molar-refractivity contribution is 7.89. The maximum absolute atomic E-state index is 12.5. The summed E-state index contributed by atoms with van der Waals surface area (Å²) in [5.41, 5.74) is 1.34. The van der Waals surface area contributed by atoms with Crippen molar-refractivity contribution in [2.24, 2.45) is 0 Å². The van der Waals surface area contributed by atoms with E-state index in [2.05, 4.69) is 4.98 Å².